The summed E-state index contributed by atoms with van der Waals surface area (Å²) in [5.74, 6) is -1.07. The summed E-state index contributed by atoms with van der Waals surface area (Å²) in [6.45, 7) is 8.25. The van der Waals surface area contributed by atoms with Crippen molar-refractivity contribution in [2.24, 2.45) is 0 Å². The van der Waals surface area contributed by atoms with E-state index in [1.807, 2.05) is 13.0 Å². The van der Waals surface area contributed by atoms with E-state index in [4.69, 9.17) is 4.74 Å². The Morgan fingerprint density at radius 1 is 0.955 bits per heavy atom. The van der Waals surface area contributed by atoms with Gasteiger partial charge in [0.25, 0.3) is 0 Å². The summed E-state index contributed by atoms with van der Waals surface area (Å²) in [6, 6.07) is 6.33. The van der Waals surface area contributed by atoms with Crippen LogP contribution in [0, 0.1) is 18.6 Å². The Balaban J connectivity index is 2.81. The lowest BCUT2D eigenvalue weighted by Gasteiger charge is -2.25. The quantitative estimate of drug-likeness (QED) is 0.589. The van der Waals surface area contributed by atoms with Crippen LogP contribution in [0.3, 0.4) is 0 Å². The Bertz CT molecular complexity index is 718. The highest BCUT2D eigenvalue weighted by molar-refractivity contribution is 9.10. The van der Waals surface area contributed by atoms with E-state index in [9.17, 15) is 8.78 Å². The molecule has 0 radical (unpaired) electrons. The van der Waals surface area contributed by atoms with Gasteiger partial charge in [-0.25, -0.2) is 8.78 Å². The van der Waals surface area contributed by atoms with Crippen molar-refractivity contribution in [3.8, 4) is 16.9 Å². The molecule has 0 saturated carbocycles. The molecule has 0 saturated heterocycles. The maximum absolute atomic E-state index is 13.7. The van der Waals surface area contributed by atoms with Gasteiger partial charge in [0.05, 0.1) is 7.11 Å². The molecule has 0 unspecified atom stereocenters. The number of rotatable bonds is 2. The number of methoxy groups -OCH3 is 1. The first-order valence-electron chi connectivity index (χ1n) is 6.99. The van der Waals surface area contributed by atoms with Crippen LogP contribution in [-0.4, -0.2) is 7.11 Å². The molecule has 1 nitrogen and oxygen atoms in total. The second-order valence-corrected chi connectivity index (χ2v) is 7.24. The van der Waals surface area contributed by atoms with Crippen LogP contribution in [0.4, 0.5) is 8.78 Å². The van der Waals surface area contributed by atoms with Crippen LogP contribution < -0.4 is 4.74 Å². The Kier molecular flexibility index (Phi) is 4.62. The predicted octanol–water partition coefficient (Wildman–Crippen LogP) is 6.01. The first-order chi connectivity index (χ1) is 10.1. The smallest absolute Gasteiger partial charge is 0.159 e. The van der Waals surface area contributed by atoms with Crippen LogP contribution in [0.1, 0.15) is 31.9 Å². The lowest BCUT2D eigenvalue weighted by molar-refractivity contribution is 0.399. The lowest BCUT2D eigenvalue weighted by Crippen LogP contribution is -2.14. The molecule has 118 valence electrons. The molecule has 2 aromatic carbocycles. The third-order valence-electron chi connectivity index (χ3n) is 3.55. The molecule has 0 spiro atoms. The highest BCUT2D eigenvalue weighted by atomic mass is 79.9. The minimum atomic E-state index is -0.877. The largest absolute Gasteiger partial charge is 0.496 e. The molecule has 0 aromatic heterocycles. The van der Waals surface area contributed by atoms with Crippen molar-refractivity contribution < 1.29 is 13.5 Å². The molecular formula is C18H19BrF2O. The SMILES string of the molecule is COc1c(-c2cc(F)c(F)cc2Br)cc(C)cc1C(C)(C)C. The van der Waals surface area contributed by atoms with Crippen LogP contribution in [0.25, 0.3) is 11.1 Å². The van der Waals surface area contributed by atoms with Crippen LogP contribution in [-0.2, 0) is 5.41 Å². The van der Waals surface area contributed by atoms with Crippen molar-refractivity contribution in [1.82, 2.24) is 0 Å². The van der Waals surface area contributed by atoms with E-state index in [2.05, 4.69) is 42.8 Å². The number of benzene rings is 2. The number of halogens is 3. The van der Waals surface area contributed by atoms with Crippen molar-refractivity contribution in [2.45, 2.75) is 33.1 Å². The molecule has 0 aliphatic carbocycles. The highest BCUT2D eigenvalue weighted by Gasteiger charge is 2.23. The number of ether oxygens (including phenoxy) is 1. The third kappa shape index (κ3) is 3.17. The lowest BCUT2D eigenvalue weighted by atomic mass is 9.83. The molecule has 4 heteroatoms. The molecule has 2 aromatic rings. The zero-order valence-corrected chi connectivity index (χ0v) is 14.9. The molecule has 0 amide bonds. The molecule has 0 fully saturated rings. The summed E-state index contributed by atoms with van der Waals surface area (Å²) >= 11 is 3.32. The van der Waals surface area contributed by atoms with E-state index in [-0.39, 0.29) is 5.41 Å². The highest BCUT2D eigenvalue weighted by Crippen LogP contribution is 2.42. The van der Waals surface area contributed by atoms with Gasteiger partial charge in [-0.2, -0.15) is 0 Å². The zero-order valence-electron chi connectivity index (χ0n) is 13.4. The van der Waals surface area contributed by atoms with Gasteiger partial charge in [0, 0.05) is 21.2 Å². The van der Waals surface area contributed by atoms with Crippen molar-refractivity contribution in [3.63, 3.8) is 0 Å². The van der Waals surface area contributed by atoms with Gasteiger partial charge in [-0.3, -0.25) is 0 Å². The molecule has 0 aliphatic heterocycles. The van der Waals surface area contributed by atoms with Gasteiger partial charge in [0.1, 0.15) is 5.75 Å². The van der Waals surface area contributed by atoms with E-state index in [1.165, 1.54) is 6.07 Å². The molecule has 0 aliphatic rings. The van der Waals surface area contributed by atoms with Gasteiger partial charge < -0.3 is 4.74 Å². The molecular weight excluding hydrogens is 350 g/mol. The average molecular weight is 369 g/mol. The monoisotopic (exact) mass is 368 g/mol. The summed E-state index contributed by atoms with van der Waals surface area (Å²) in [7, 11) is 1.59. The maximum Gasteiger partial charge on any atom is 0.159 e. The summed E-state index contributed by atoms with van der Waals surface area (Å²) in [5.41, 5.74) is 3.26. The van der Waals surface area contributed by atoms with E-state index in [1.54, 1.807) is 7.11 Å². The molecule has 0 heterocycles. The Labute approximate surface area is 138 Å². The fraction of sp³-hybridized carbons (Fsp3) is 0.333. The zero-order chi connectivity index (χ0) is 16.7. The summed E-state index contributed by atoms with van der Waals surface area (Å²) in [5, 5.41) is 0. The van der Waals surface area contributed by atoms with E-state index < -0.39 is 11.6 Å². The summed E-state index contributed by atoms with van der Waals surface area (Å²) in [4.78, 5) is 0. The third-order valence-corrected chi connectivity index (χ3v) is 4.20. The van der Waals surface area contributed by atoms with Crippen molar-refractivity contribution in [3.05, 3.63) is 51.5 Å². The van der Waals surface area contributed by atoms with E-state index >= 15 is 0 Å². The Morgan fingerprint density at radius 3 is 2.09 bits per heavy atom. The normalized spacial score (nSPS) is 11.6. The maximum atomic E-state index is 13.7. The average Bonchev–Trinajstić information content (AvgIpc) is 2.41. The second kappa shape index (κ2) is 5.99. The first-order valence-corrected chi connectivity index (χ1v) is 7.78. The molecule has 0 bridgehead atoms. The van der Waals surface area contributed by atoms with Crippen molar-refractivity contribution in [1.29, 1.82) is 0 Å². The minimum absolute atomic E-state index is 0.128. The van der Waals surface area contributed by atoms with Gasteiger partial charge in [0.2, 0.25) is 0 Å². The fourth-order valence-electron chi connectivity index (χ4n) is 2.48. The van der Waals surface area contributed by atoms with Gasteiger partial charge >= 0.3 is 0 Å². The van der Waals surface area contributed by atoms with Crippen LogP contribution in [0.2, 0.25) is 0 Å². The first kappa shape index (κ1) is 16.9. The van der Waals surface area contributed by atoms with Gasteiger partial charge in [-0.05, 0) is 36.1 Å². The van der Waals surface area contributed by atoms with Crippen LogP contribution in [0.15, 0.2) is 28.7 Å². The number of hydrogen-bond donors (Lipinski definition) is 0. The topological polar surface area (TPSA) is 9.23 Å². The van der Waals surface area contributed by atoms with Crippen molar-refractivity contribution in [2.75, 3.05) is 7.11 Å². The standard InChI is InChI=1S/C18H19BrF2O/c1-10-6-12(11-8-15(20)16(21)9-14(11)19)17(22-5)13(7-10)18(2,3)4/h6-9H,1-5H3. The molecule has 0 N–H and O–H groups in total. The van der Waals surface area contributed by atoms with Crippen molar-refractivity contribution >= 4 is 15.9 Å². The Morgan fingerprint density at radius 2 is 1.55 bits per heavy atom. The summed E-state index contributed by atoms with van der Waals surface area (Å²) in [6.07, 6.45) is 0. The van der Waals surface area contributed by atoms with Crippen LogP contribution in [0.5, 0.6) is 5.75 Å². The van der Waals surface area contributed by atoms with Gasteiger partial charge in [-0.15, -0.1) is 0 Å². The van der Waals surface area contributed by atoms with Crippen LogP contribution >= 0.6 is 15.9 Å². The van der Waals surface area contributed by atoms with E-state index in [0.717, 1.165) is 22.8 Å². The molecule has 2 rings (SSSR count). The van der Waals surface area contributed by atoms with E-state index in [0.29, 0.717) is 15.8 Å². The molecule has 0 atom stereocenters. The Hall–Kier alpha value is -1.42. The summed E-state index contributed by atoms with van der Waals surface area (Å²) < 4.78 is 33.1. The number of hydrogen-bond acceptors (Lipinski definition) is 1. The van der Waals surface area contributed by atoms with Gasteiger partial charge in [0.15, 0.2) is 11.6 Å². The van der Waals surface area contributed by atoms with Gasteiger partial charge in [-0.1, -0.05) is 42.8 Å². The fourth-order valence-corrected chi connectivity index (χ4v) is 3.01. The number of aryl methyl sites for hydroxylation is 1. The second-order valence-electron chi connectivity index (χ2n) is 6.39. The molecule has 22 heavy (non-hydrogen) atoms. The minimum Gasteiger partial charge on any atom is -0.496 e. The predicted molar refractivity (Wildman–Crippen MR) is 89.5 cm³/mol.